The van der Waals surface area contributed by atoms with E-state index in [0.717, 1.165) is 27.8 Å². The first-order valence-electron chi connectivity index (χ1n) is 8.15. The Morgan fingerprint density at radius 2 is 1.64 bits per heavy atom. The van der Waals surface area contributed by atoms with Gasteiger partial charge in [-0.1, -0.05) is 48.5 Å². The second-order valence-corrected chi connectivity index (χ2v) is 6.01. The smallest absolute Gasteiger partial charge is 0.247 e. The van der Waals surface area contributed by atoms with E-state index in [2.05, 4.69) is 16.0 Å². The SMILES string of the molecule is O=C(C[C@@H]1Nc2ccccc2NC1=O)Nc1cccc2ccccc12. The molecule has 5 heteroatoms. The molecule has 0 aromatic heterocycles. The van der Waals surface area contributed by atoms with Crippen LogP contribution in [-0.2, 0) is 9.59 Å². The molecule has 1 aliphatic heterocycles. The predicted molar refractivity (Wildman–Crippen MR) is 99.7 cm³/mol. The van der Waals surface area contributed by atoms with E-state index in [1.54, 1.807) is 0 Å². The van der Waals surface area contributed by atoms with Gasteiger partial charge in [0.15, 0.2) is 0 Å². The van der Waals surface area contributed by atoms with Crippen LogP contribution in [0.4, 0.5) is 17.1 Å². The van der Waals surface area contributed by atoms with Gasteiger partial charge in [-0.05, 0) is 23.6 Å². The van der Waals surface area contributed by atoms with E-state index in [4.69, 9.17) is 0 Å². The highest BCUT2D eigenvalue weighted by molar-refractivity contribution is 6.07. The van der Waals surface area contributed by atoms with Gasteiger partial charge in [0, 0.05) is 11.1 Å². The Bertz CT molecular complexity index is 963. The van der Waals surface area contributed by atoms with Crippen LogP contribution in [0.3, 0.4) is 0 Å². The molecule has 0 unspecified atom stereocenters. The second-order valence-electron chi connectivity index (χ2n) is 6.01. The molecule has 4 rings (SSSR count). The van der Waals surface area contributed by atoms with Crippen molar-refractivity contribution in [2.45, 2.75) is 12.5 Å². The molecule has 3 aromatic rings. The summed E-state index contributed by atoms with van der Waals surface area (Å²) in [6.45, 7) is 0. The zero-order valence-corrected chi connectivity index (χ0v) is 13.5. The Balaban J connectivity index is 1.50. The average Bonchev–Trinajstić information content (AvgIpc) is 2.63. The fourth-order valence-corrected chi connectivity index (χ4v) is 3.06. The van der Waals surface area contributed by atoms with Crippen LogP contribution in [0.15, 0.2) is 66.7 Å². The minimum Gasteiger partial charge on any atom is -0.372 e. The summed E-state index contributed by atoms with van der Waals surface area (Å²) in [4.78, 5) is 24.7. The fourth-order valence-electron chi connectivity index (χ4n) is 3.06. The Morgan fingerprint density at radius 3 is 2.52 bits per heavy atom. The molecule has 1 aliphatic rings. The van der Waals surface area contributed by atoms with Gasteiger partial charge in [0.2, 0.25) is 11.8 Å². The number of fused-ring (bicyclic) bond motifs is 2. The number of anilines is 3. The van der Waals surface area contributed by atoms with E-state index in [1.807, 2.05) is 66.7 Å². The summed E-state index contributed by atoms with van der Waals surface area (Å²) in [5, 5.41) is 10.9. The van der Waals surface area contributed by atoms with Crippen LogP contribution in [0.5, 0.6) is 0 Å². The molecule has 124 valence electrons. The summed E-state index contributed by atoms with van der Waals surface area (Å²) >= 11 is 0. The molecule has 3 N–H and O–H groups in total. The van der Waals surface area contributed by atoms with Crippen LogP contribution in [0.1, 0.15) is 6.42 Å². The van der Waals surface area contributed by atoms with Crippen molar-refractivity contribution in [1.29, 1.82) is 0 Å². The van der Waals surface area contributed by atoms with E-state index in [-0.39, 0.29) is 18.2 Å². The molecule has 0 aliphatic carbocycles. The fraction of sp³-hybridized carbons (Fsp3) is 0.100. The molecular formula is C20H17N3O2. The number of carbonyl (C=O) groups is 2. The zero-order chi connectivity index (χ0) is 17.2. The molecule has 1 heterocycles. The molecule has 0 saturated heterocycles. The maximum Gasteiger partial charge on any atom is 0.247 e. The molecule has 25 heavy (non-hydrogen) atoms. The molecule has 0 spiro atoms. The molecule has 1 atom stereocenters. The number of para-hydroxylation sites is 2. The highest BCUT2D eigenvalue weighted by atomic mass is 16.2. The minimum absolute atomic E-state index is 0.0589. The van der Waals surface area contributed by atoms with Crippen molar-refractivity contribution in [3.63, 3.8) is 0 Å². The summed E-state index contributed by atoms with van der Waals surface area (Å²) in [5.74, 6) is -0.407. The van der Waals surface area contributed by atoms with Crippen LogP contribution >= 0.6 is 0 Å². The van der Waals surface area contributed by atoms with Crippen LogP contribution in [0.25, 0.3) is 10.8 Å². The summed E-state index contributed by atoms with van der Waals surface area (Å²) in [5.41, 5.74) is 2.31. The maximum atomic E-state index is 12.5. The topological polar surface area (TPSA) is 70.2 Å². The van der Waals surface area contributed by atoms with Crippen molar-refractivity contribution >= 4 is 39.6 Å². The van der Waals surface area contributed by atoms with E-state index < -0.39 is 6.04 Å². The standard InChI is InChI=1S/C20H17N3O2/c24-19(22-15-11-5-7-13-6-1-2-8-14(13)15)12-18-20(25)23-17-10-4-3-9-16(17)21-18/h1-11,18,21H,12H2,(H,22,24)(H,23,25)/t18-/m0/s1. The van der Waals surface area contributed by atoms with Crippen LogP contribution in [-0.4, -0.2) is 17.9 Å². The minimum atomic E-state index is -0.593. The number of carbonyl (C=O) groups excluding carboxylic acids is 2. The number of benzene rings is 3. The largest absolute Gasteiger partial charge is 0.372 e. The molecule has 0 fully saturated rings. The lowest BCUT2D eigenvalue weighted by Gasteiger charge is -2.26. The van der Waals surface area contributed by atoms with Gasteiger partial charge in [-0.25, -0.2) is 0 Å². The van der Waals surface area contributed by atoms with Gasteiger partial charge in [0.05, 0.1) is 17.8 Å². The van der Waals surface area contributed by atoms with Gasteiger partial charge >= 0.3 is 0 Å². The van der Waals surface area contributed by atoms with Gasteiger partial charge in [0.1, 0.15) is 6.04 Å². The lowest BCUT2D eigenvalue weighted by molar-refractivity contribution is -0.122. The van der Waals surface area contributed by atoms with Crippen molar-refractivity contribution in [1.82, 2.24) is 0 Å². The third-order valence-corrected chi connectivity index (χ3v) is 4.28. The van der Waals surface area contributed by atoms with Crippen molar-refractivity contribution in [2.75, 3.05) is 16.0 Å². The summed E-state index contributed by atoms with van der Waals surface area (Å²) in [6, 6.07) is 20.5. The lowest BCUT2D eigenvalue weighted by Crippen LogP contribution is -2.41. The molecule has 3 aromatic carbocycles. The van der Waals surface area contributed by atoms with Gasteiger partial charge < -0.3 is 16.0 Å². The first-order chi connectivity index (χ1) is 12.2. The van der Waals surface area contributed by atoms with Gasteiger partial charge in [-0.3, -0.25) is 9.59 Å². The number of rotatable bonds is 3. The van der Waals surface area contributed by atoms with E-state index in [0.29, 0.717) is 0 Å². The third kappa shape index (κ3) is 3.04. The molecule has 5 nitrogen and oxygen atoms in total. The van der Waals surface area contributed by atoms with Crippen molar-refractivity contribution in [2.24, 2.45) is 0 Å². The Labute approximate surface area is 145 Å². The van der Waals surface area contributed by atoms with Crippen LogP contribution in [0, 0.1) is 0 Å². The van der Waals surface area contributed by atoms with Crippen molar-refractivity contribution in [3.8, 4) is 0 Å². The number of hydrogen-bond donors (Lipinski definition) is 3. The maximum absolute atomic E-state index is 12.5. The molecule has 0 saturated carbocycles. The quantitative estimate of drug-likeness (QED) is 0.687. The number of hydrogen-bond acceptors (Lipinski definition) is 3. The van der Waals surface area contributed by atoms with E-state index >= 15 is 0 Å². The van der Waals surface area contributed by atoms with Crippen LogP contribution < -0.4 is 16.0 Å². The Hall–Kier alpha value is -3.34. The first-order valence-corrected chi connectivity index (χ1v) is 8.15. The predicted octanol–water partition coefficient (Wildman–Crippen LogP) is 3.60. The van der Waals surface area contributed by atoms with Crippen molar-refractivity contribution < 1.29 is 9.59 Å². The summed E-state index contributed by atoms with van der Waals surface area (Å²) in [7, 11) is 0. The summed E-state index contributed by atoms with van der Waals surface area (Å²) in [6.07, 6.45) is 0.0589. The molecule has 0 radical (unpaired) electrons. The number of nitrogens with one attached hydrogen (secondary N) is 3. The lowest BCUT2D eigenvalue weighted by atomic mass is 10.1. The van der Waals surface area contributed by atoms with Gasteiger partial charge in [-0.15, -0.1) is 0 Å². The van der Waals surface area contributed by atoms with Gasteiger partial charge in [-0.2, -0.15) is 0 Å². The van der Waals surface area contributed by atoms with E-state index in [1.165, 1.54) is 0 Å². The normalized spacial score (nSPS) is 15.8. The molecule has 2 amide bonds. The molecular weight excluding hydrogens is 314 g/mol. The molecule has 0 bridgehead atoms. The second kappa shape index (κ2) is 6.28. The Morgan fingerprint density at radius 1 is 0.920 bits per heavy atom. The van der Waals surface area contributed by atoms with Crippen molar-refractivity contribution in [3.05, 3.63) is 66.7 Å². The number of amides is 2. The van der Waals surface area contributed by atoms with Gasteiger partial charge in [0.25, 0.3) is 0 Å². The Kier molecular flexibility index (Phi) is 3.82. The van der Waals surface area contributed by atoms with E-state index in [9.17, 15) is 9.59 Å². The third-order valence-electron chi connectivity index (χ3n) is 4.28. The highest BCUT2D eigenvalue weighted by Gasteiger charge is 2.27. The summed E-state index contributed by atoms with van der Waals surface area (Å²) < 4.78 is 0. The first kappa shape index (κ1) is 15.2. The highest BCUT2D eigenvalue weighted by Crippen LogP contribution is 2.27. The zero-order valence-electron chi connectivity index (χ0n) is 13.5. The monoisotopic (exact) mass is 331 g/mol. The van der Waals surface area contributed by atoms with Crippen LogP contribution in [0.2, 0.25) is 0 Å². The average molecular weight is 331 g/mol.